The van der Waals surface area contributed by atoms with Gasteiger partial charge in [0.1, 0.15) is 11.2 Å². The monoisotopic (exact) mass is 308 g/mol. The number of carbonyl (C=O) groups is 2. The maximum absolute atomic E-state index is 12.9. The van der Waals surface area contributed by atoms with Crippen molar-refractivity contribution in [2.24, 2.45) is 5.41 Å². The van der Waals surface area contributed by atoms with Gasteiger partial charge in [0, 0.05) is 6.42 Å². The van der Waals surface area contributed by atoms with Crippen LogP contribution >= 0.6 is 0 Å². The lowest BCUT2D eigenvalue weighted by Gasteiger charge is -2.34. The number of ether oxygens (including phenoxy) is 2. The van der Waals surface area contributed by atoms with Crippen LogP contribution in [0.15, 0.2) is 0 Å². The Morgan fingerprint density at radius 3 is 1.43 bits per heavy atom. The molecule has 0 unspecified atom stereocenters. The number of esters is 2. The van der Waals surface area contributed by atoms with Crippen LogP contribution in [0.2, 0.25) is 0 Å². The zero-order valence-corrected chi connectivity index (χ0v) is 13.9. The average Bonchev–Trinajstić information content (AvgIpc) is 2.20. The molecule has 21 heavy (non-hydrogen) atoms. The minimum absolute atomic E-state index is 0.110. The fourth-order valence-corrected chi connectivity index (χ4v) is 1.70. The SMILES string of the molecule is CCC(CC(F)F)(C(=O)OC(C)(C)C)C(=O)OC(C)(C)C. The van der Waals surface area contributed by atoms with Crippen molar-refractivity contribution in [2.45, 2.75) is 78.9 Å². The molecule has 0 fully saturated rings. The van der Waals surface area contributed by atoms with Crippen molar-refractivity contribution in [2.75, 3.05) is 0 Å². The maximum Gasteiger partial charge on any atom is 0.324 e. The topological polar surface area (TPSA) is 52.6 Å². The Morgan fingerprint density at radius 1 is 0.905 bits per heavy atom. The first-order chi connectivity index (χ1) is 9.23. The molecule has 0 aliphatic heterocycles. The third kappa shape index (κ3) is 6.40. The largest absolute Gasteiger partial charge is 0.459 e. The van der Waals surface area contributed by atoms with Gasteiger partial charge in [-0.2, -0.15) is 0 Å². The van der Waals surface area contributed by atoms with Crippen LogP contribution < -0.4 is 0 Å². The number of rotatable bonds is 5. The predicted octanol–water partition coefficient (Wildman–Crippen LogP) is 3.72. The Morgan fingerprint density at radius 2 is 1.24 bits per heavy atom. The van der Waals surface area contributed by atoms with Gasteiger partial charge in [0.15, 0.2) is 5.41 Å². The molecule has 6 heteroatoms. The summed E-state index contributed by atoms with van der Waals surface area (Å²) in [4.78, 5) is 24.6. The van der Waals surface area contributed by atoms with Gasteiger partial charge in [0.05, 0.1) is 0 Å². The molecule has 0 bridgehead atoms. The van der Waals surface area contributed by atoms with Crippen molar-refractivity contribution in [3.05, 3.63) is 0 Å². The smallest absolute Gasteiger partial charge is 0.324 e. The van der Waals surface area contributed by atoms with Crippen LogP contribution in [0.25, 0.3) is 0 Å². The van der Waals surface area contributed by atoms with Crippen LogP contribution in [0, 0.1) is 5.41 Å². The molecule has 0 saturated carbocycles. The summed E-state index contributed by atoms with van der Waals surface area (Å²) >= 11 is 0. The van der Waals surface area contributed by atoms with Crippen LogP contribution in [0.4, 0.5) is 8.78 Å². The van der Waals surface area contributed by atoms with Crippen LogP contribution in [0.5, 0.6) is 0 Å². The first-order valence-corrected chi connectivity index (χ1v) is 6.98. The number of alkyl halides is 2. The second-order valence-electron chi connectivity index (χ2n) is 7.03. The van der Waals surface area contributed by atoms with E-state index in [0.717, 1.165) is 0 Å². The molecule has 0 aromatic heterocycles. The minimum atomic E-state index is -2.81. The Kier molecular flexibility index (Phi) is 6.32. The predicted molar refractivity (Wildman–Crippen MR) is 75.0 cm³/mol. The third-order valence-electron chi connectivity index (χ3n) is 2.69. The first kappa shape index (κ1) is 19.8. The number of hydrogen-bond donors (Lipinski definition) is 0. The van der Waals surface area contributed by atoms with Gasteiger partial charge in [0.2, 0.25) is 6.43 Å². The van der Waals surface area contributed by atoms with E-state index in [4.69, 9.17) is 9.47 Å². The zero-order valence-electron chi connectivity index (χ0n) is 13.9. The molecule has 0 atom stereocenters. The standard InChI is InChI=1S/C15H26F2O4/c1-8-15(9-10(16)17,11(18)20-13(2,3)4)12(19)21-14(5,6)7/h10H,8-9H2,1-7H3. The molecule has 0 rings (SSSR count). The van der Waals surface area contributed by atoms with E-state index in [2.05, 4.69) is 0 Å². The summed E-state index contributed by atoms with van der Waals surface area (Å²) in [6.07, 6.45) is -3.83. The van der Waals surface area contributed by atoms with Crippen LogP contribution in [0.3, 0.4) is 0 Å². The summed E-state index contributed by atoms with van der Waals surface area (Å²) in [6, 6.07) is 0. The highest BCUT2D eigenvalue weighted by atomic mass is 19.3. The number of carbonyl (C=O) groups excluding carboxylic acids is 2. The molecule has 4 nitrogen and oxygen atoms in total. The lowest BCUT2D eigenvalue weighted by molar-refractivity contribution is -0.189. The van der Waals surface area contributed by atoms with Crippen LogP contribution in [-0.2, 0) is 19.1 Å². The van der Waals surface area contributed by atoms with Crippen molar-refractivity contribution in [3.63, 3.8) is 0 Å². The molecule has 0 aromatic carbocycles. The first-order valence-electron chi connectivity index (χ1n) is 6.98. The Bertz CT molecular complexity index is 350. The summed E-state index contributed by atoms with van der Waals surface area (Å²) in [7, 11) is 0. The van der Waals surface area contributed by atoms with Crippen LogP contribution in [0.1, 0.15) is 61.3 Å². The number of halogens is 2. The molecule has 0 amide bonds. The molecular formula is C15H26F2O4. The molecule has 124 valence electrons. The summed E-state index contributed by atoms with van der Waals surface area (Å²) in [5, 5.41) is 0. The Balaban J connectivity index is 5.54. The van der Waals surface area contributed by atoms with Crippen molar-refractivity contribution in [1.29, 1.82) is 0 Å². The van der Waals surface area contributed by atoms with E-state index >= 15 is 0 Å². The van der Waals surface area contributed by atoms with Crippen molar-refractivity contribution in [3.8, 4) is 0 Å². The molecule has 0 radical (unpaired) electrons. The Labute approximate surface area is 125 Å². The van der Waals surface area contributed by atoms with Gasteiger partial charge < -0.3 is 9.47 Å². The summed E-state index contributed by atoms with van der Waals surface area (Å²) in [5.41, 5.74) is -3.72. The highest BCUT2D eigenvalue weighted by Crippen LogP contribution is 2.36. The van der Waals surface area contributed by atoms with Crippen molar-refractivity contribution in [1.82, 2.24) is 0 Å². The molecule has 0 aliphatic rings. The maximum atomic E-state index is 12.9. The highest BCUT2D eigenvalue weighted by molar-refractivity contribution is 6.00. The average molecular weight is 308 g/mol. The molecule has 0 aromatic rings. The quantitative estimate of drug-likeness (QED) is 0.574. The molecule has 0 aliphatic carbocycles. The minimum Gasteiger partial charge on any atom is -0.459 e. The van der Waals surface area contributed by atoms with Gasteiger partial charge in [0.25, 0.3) is 0 Å². The molecule has 0 saturated heterocycles. The van der Waals surface area contributed by atoms with E-state index in [1.54, 1.807) is 41.5 Å². The van der Waals surface area contributed by atoms with E-state index in [9.17, 15) is 18.4 Å². The molecule has 0 heterocycles. The zero-order chi connectivity index (χ0) is 17.1. The van der Waals surface area contributed by atoms with E-state index in [1.807, 2.05) is 0 Å². The normalized spacial score (nSPS) is 13.2. The van der Waals surface area contributed by atoms with Gasteiger partial charge in [-0.05, 0) is 48.0 Å². The molecule has 0 spiro atoms. The van der Waals surface area contributed by atoms with Gasteiger partial charge in [-0.1, -0.05) is 6.92 Å². The third-order valence-corrected chi connectivity index (χ3v) is 2.69. The van der Waals surface area contributed by atoms with Crippen molar-refractivity contribution >= 4 is 11.9 Å². The van der Waals surface area contributed by atoms with Crippen LogP contribution in [-0.4, -0.2) is 29.6 Å². The number of hydrogen-bond acceptors (Lipinski definition) is 4. The summed E-state index contributed by atoms with van der Waals surface area (Å²) in [6.45, 7) is 11.2. The summed E-state index contributed by atoms with van der Waals surface area (Å²) < 4.78 is 36.1. The van der Waals surface area contributed by atoms with E-state index < -0.39 is 41.4 Å². The van der Waals surface area contributed by atoms with Crippen molar-refractivity contribution < 1.29 is 27.8 Å². The second kappa shape index (κ2) is 6.71. The fourth-order valence-electron chi connectivity index (χ4n) is 1.70. The van der Waals surface area contributed by atoms with Gasteiger partial charge >= 0.3 is 11.9 Å². The molecule has 0 N–H and O–H groups in total. The lowest BCUT2D eigenvalue weighted by Crippen LogP contribution is -2.47. The van der Waals surface area contributed by atoms with Gasteiger partial charge in [-0.15, -0.1) is 0 Å². The lowest BCUT2D eigenvalue weighted by atomic mass is 9.81. The second-order valence-corrected chi connectivity index (χ2v) is 7.03. The van der Waals surface area contributed by atoms with Gasteiger partial charge in [-0.25, -0.2) is 8.78 Å². The summed E-state index contributed by atoms with van der Waals surface area (Å²) in [5.74, 6) is -1.93. The van der Waals surface area contributed by atoms with E-state index in [-0.39, 0.29) is 6.42 Å². The van der Waals surface area contributed by atoms with Gasteiger partial charge in [-0.3, -0.25) is 9.59 Å². The van der Waals surface area contributed by atoms with E-state index in [0.29, 0.717) is 0 Å². The van der Waals surface area contributed by atoms with E-state index in [1.165, 1.54) is 6.92 Å². The highest BCUT2D eigenvalue weighted by Gasteiger charge is 2.51. The Hall–Kier alpha value is -1.20. The fraction of sp³-hybridized carbons (Fsp3) is 0.867. The molecular weight excluding hydrogens is 282 g/mol.